The van der Waals surface area contributed by atoms with Crippen molar-refractivity contribution in [3.8, 4) is 0 Å². The van der Waals surface area contributed by atoms with E-state index < -0.39 is 23.2 Å². The highest BCUT2D eigenvalue weighted by molar-refractivity contribution is 6.22. The summed E-state index contributed by atoms with van der Waals surface area (Å²) in [7, 11) is 0. The molecule has 8 nitrogen and oxygen atoms in total. The Morgan fingerprint density at radius 2 is 1.96 bits per heavy atom. The van der Waals surface area contributed by atoms with Crippen LogP contribution in [0.3, 0.4) is 0 Å². The van der Waals surface area contributed by atoms with E-state index in [1.54, 1.807) is 0 Å². The smallest absolute Gasteiger partial charge is 0.311 e. The second-order valence-corrected chi connectivity index (χ2v) is 7.38. The van der Waals surface area contributed by atoms with Gasteiger partial charge in [-0.05, 0) is 43.9 Å². The van der Waals surface area contributed by atoms with E-state index in [1.807, 2.05) is 0 Å². The first kappa shape index (κ1) is 17.7. The van der Waals surface area contributed by atoms with Crippen LogP contribution in [0.2, 0.25) is 0 Å². The molecule has 0 aromatic heterocycles. The average molecular weight is 372 g/mol. The van der Waals surface area contributed by atoms with E-state index in [0.29, 0.717) is 19.4 Å². The molecule has 142 valence electrons. The molecule has 1 atom stereocenters. The molecule has 3 amide bonds. The molecule has 0 radical (unpaired) electrons. The molecule has 1 saturated carbocycles. The van der Waals surface area contributed by atoms with Crippen molar-refractivity contribution in [2.45, 2.75) is 31.8 Å². The van der Waals surface area contributed by atoms with E-state index in [4.69, 9.17) is 4.74 Å². The number of benzene rings is 1. The standard InChI is InChI=1S/C19H20N2O6/c22-15(20-10-19(5-6-19)18(25)26)11-3-4-13-14(8-11)17(24)21(16(13)23)9-12-2-1-7-27-12/h3-4,8,12H,1-2,5-7,9-10H2,(H,20,22)(H,25,26). The Balaban J connectivity index is 1.47. The summed E-state index contributed by atoms with van der Waals surface area (Å²) in [6.45, 7) is 0.904. The lowest BCUT2D eigenvalue weighted by molar-refractivity contribution is -0.143. The largest absolute Gasteiger partial charge is 0.481 e. The number of carboxylic acids is 1. The van der Waals surface area contributed by atoms with Gasteiger partial charge in [0.05, 0.1) is 29.2 Å². The molecule has 2 N–H and O–H groups in total. The number of carboxylic acid groups (broad SMARTS) is 1. The van der Waals surface area contributed by atoms with Gasteiger partial charge in [0.2, 0.25) is 0 Å². The van der Waals surface area contributed by atoms with E-state index >= 15 is 0 Å². The summed E-state index contributed by atoms with van der Waals surface area (Å²) < 4.78 is 5.50. The third-order valence-corrected chi connectivity index (χ3v) is 5.54. The topological polar surface area (TPSA) is 113 Å². The van der Waals surface area contributed by atoms with E-state index in [1.165, 1.54) is 23.1 Å². The molecule has 1 aliphatic carbocycles. The molecule has 2 fully saturated rings. The Morgan fingerprint density at radius 3 is 2.59 bits per heavy atom. The zero-order valence-corrected chi connectivity index (χ0v) is 14.7. The van der Waals surface area contributed by atoms with Gasteiger partial charge in [0.15, 0.2) is 0 Å². The van der Waals surface area contributed by atoms with Crippen LogP contribution in [-0.2, 0) is 9.53 Å². The Kier molecular flexibility index (Phi) is 4.22. The van der Waals surface area contributed by atoms with Crippen LogP contribution in [0.4, 0.5) is 0 Å². The van der Waals surface area contributed by atoms with Crippen LogP contribution in [0, 0.1) is 5.41 Å². The van der Waals surface area contributed by atoms with Crippen molar-refractivity contribution >= 4 is 23.7 Å². The summed E-state index contributed by atoms with van der Waals surface area (Å²) in [6, 6.07) is 4.36. The lowest BCUT2D eigenvalue weighted by Gasteiger charge is -2.17. The molecule has 27 heavy (non-hydrogen) atoms. The van der Waals surface area contributed by atoms with Crippen LogP contribution in [0.25, 0.3) is 0 Å². The van der Waals surface area contributed by atoms with Crippen molar-refractivity contribution < 1.29 is 29.0 Å². The maximum absolute atomic E-state index is 12.6. The molecule has 1 unspecified atom stereocenters. The first-order valence-corrected chi connectivity index (χ1v) is 9.05. The van der Waals surface area contributed by atoms with Crippen LogP contribution in [0.5, 0.6) is 0 Å². The number of nitrogens with one attached hydrogen (secondary N) is 1. The molecule has 0 bridgehead atoms. The second kappa shape index (κ2) is 6.45. The molecule has 1 aromatic rings. The monoisotopic (exact) mass is 372 g/mol. The predicted octanol–water partition coefficient (Wildman–Crippen LogP) is 1.06. The van der Waals surface area contributed by atoms with Gasteiger partial charge < -0.3 is 15.2 Å². The minimum atomic E-state index is -0.915. The molecule has 8 heteroatoms. The van der Waals surface area contributed by atoms with E-state index in [0.717, 1.165) is 12.8 Å². The number of imide groups is 1. The van der Waals surface area contributed by atoms with Crippen LogP contribution in [-0.4, -0.2) is 59.5 Å². The van der Waals surface area contributed by atoms with Crippen molar-refractivity contribution in [3.63, 3.8) is 0 Å². The molecule has 2 heterocycles. The highest BCUT2D eigenvalue weighted by Gasteiger charge is 2.50. The zero-order valence-electron chi connectivity index (χ0n) is 14.7. The quantitative estimate of drug-likeness (QED) is 0.722. The Morgan fingerprint density at radius 1 is 1.22 bits per heavy atom. The van der Waals surface area contributed by atoms with Crippen molar-refractivity contribution in [1.29, 1.82) is 0 Å². The minimum absolute atomic E-state index is 0.0519. The highest BCUT2D eigenvalue weighted by Crippen LogP contribution is 2.45. The van der Waals surface area contributed by atoms with Gasteiger partial charge in [-0.15, -0.1) is 0 Å². The summed E-state index contributed by atoms with van der Waals surface area (Å²) in [6.07, 6.45) is 2.67. The molecule has 4 rings (SSSR count). The summed E-state index contributed by atoms with van der Waals surface area (Å²) >= 11 is 0. The maximum atomic E-state index is 12.6. The normalized spacial score (nSPS) is 22.7. The number of carbonyl (C=O) groups is 4. The second-order valence-electron chi connectivity index (χ2n) is 7.38. The third-order valence-electron chi connectivity index (χ3n) is 5.54. The SMILES string of the molecule is O=C(NCC1(C(=O)O)CC1)c1ccc2c(c1)C(=O)N(CC1CCCO1)C2=O. The van der Waals surface area contributed by atoms with Crippen LogP contribution in [0.1, 0.15) is 56.8 Å². The van der Waals surface area contributed by atoms with E-state index in [9.17, 15) is 24.3 Å². The first-order valence-electron chi connectivity index (χ1n) is 9.05. The number of aliphatic carboxylic acids is 1. The fraction of sp³-hybridized carbons (Fsp3) is 0.474. The molecular weight excluding hydrogens is 352 g/mol. The molecular formula is C19H20N2O6. The van der Waals surface area contributed by atoms with Crippen LogP contribution < -0.4 is 5.32 Å². The number of carbonyl (C=O) groups excluding carboxylic acids is 3. The van der Waals surface area contributed by atoms with E-state index in [-0.39, 0.29) is 41.8 Å². The number of ether oxygens (including phenoxy) is 1. The maximum Gasteiger partial charge on any atom is 0.311 e. The van der Waals surface area contributed by atoms with E-state index in [2.05, 4.69) is 5.32 Å². The molecule has 2 aliphatic heterocycles. The summed E-state index contributed by atoms with van der Waals surface area (Å²) in [4.78, 5) is 49.8. The van der Waals surface area contributed by atoms with Gasteiger partial charge in [-0.1, -0.05) is 0 Å². The molecule has 1 saturated heterocycles. The number of hydrogen-bond acceptors (Lipinski definition) is 5. The first-order chi connectivity index (χ1) is 12.9. The molecule has 1 aromatic carbocycles. The van der Waals surface area contributed by atoms with Gasteiger partial charge >= 0.3 is 5.97 Å². The molecule has 3 aliphatic rings. The Hall–Kier alpha value is -2.74. The van der Waals surface area contributed by atoms with Crippen molar-refractivity contribution in [1.82, 2.24) is 10.2 Å². The number of rotatable bonds is 6. The minimum Gasteiger partial charge on any atom is -0.481 e. The van der Waals surface area contributed by atoms with Crippen LogP contribution >= 0.6 is 0 Å². The van der Waals surface area contributed by atoms with Crippen molar-refractivity contribution in [2.75, 3.05) is 19.7 Å². The Bertz CT molecular complexity index is 839. The summed E-state index contributed by atoms with van der Waals surface area (Å²) in [5.74, 6) is -2.17. The van der Waals surface area contributed by atoms with Gasteiger partial charge in [0, 0.05) is 18.7 Å². The lowest BCUT2D eigenvalue weighted by atomic mass is 10.0. The molecule has 0 spiro atoms. The lowest BCUT2D eigenvalue weighted by Crippen LogP contribution is -2.36. The highest BCUT2D eigenvalue weighted by atomic mass is 16.5. The zero-order chi connectivity index (χ0) is 19.2. The van der Waals surface area contributed by atoms with Gasteiger partial charge in [-0.2, -0.15) is 0 Å². The fourth-order valence-electron chi connectivity index (χ4n) is 3.56. The van der Waals surface area contributed by atoms with Gasteiger partial charge in [-0.3, -0.25) is 24.1 Å². The van der Waals surface area contributed by atoms with Crippen molar-refractivity contribution in [3.05, 3.63) is 34.9 Å². The van der Waals surface area contributed by atoms with Crippen LogP contribution in [0.15, 0.2) is 18.2 Å². The number of fused-ring (bicyclic) bond motifs is 1. The van der Waals surface area contributed by atoms with Crippen molar-refractivity contribution in [2.24, 2.45) is 5.41 Å². The summed E-state index contributed by atoms with van der Waals surface area (Å²) in [5, 5.41) is 11.8. The van der Waals surface area contributed by atoms with Gasteiger partial charge in [0.25, 0.3) is 17.7 Å². The van der Waals surface area contributed by atoms with Gasteiger partial charge in [0.1, 0.15) is 0 Å². The Labute approximate surface area is 155 Å². The number of amides is 3. The number of nitrogens with zero attached hydrogens (tertiary/aromatic N) is 1. The summed E-state index contributed by atoms with van der Waals surface area (Å²) in [5.41, 5.74) is -0.158. The predicted molar refractivity (Wildman–Crippen MR) is 92.4 cm³/mol. The fourth-order valence-corrected chi connectivity index (χ4v) is 3.56. The van der Waals surface area contributed by atoms with Gasteiger partial charge in [-0.25, -0.2) is 0 Å². The average Bonchev–Trinajstić information content (AvgIpc) is 3.22. The third kappa shape index (κ3) is 3.10. The number of hydrogen-bond donors (Lipinski definition) is 2.